The lowest BCUT2D eigenvalue weighted by Crippen LogP contribution is -2.11. The number of nitrogens with zero attached hydrogens (tertiary/aromatic N) is 3. The maximum atomic E-state index is 11.9. The van der Waals surface area contributed by atoms with E-state index in [9.17, 15) is 9.59 Å². The van der Waals surface area contributed by atoms with E-state index in [0.717, 1.165) is 23.1 Å². The van der Waals surface area contributed by atoms with Crippen LogP contribution in [0.1, 0.15) is 10.4 Å². The van der Waals surface area contributed by atoms with Gasteiger partial charge in [0, 0.05) is 6.20 Å². The van der Waals surface area contributed by atoms with Crippen molar-refractivity contribution in [3.8, 4) is 0 Å². The van der Waals surface area contributed by atoms with Gasteiger partial charge in [-0.2, -0.15) is 0 Å². The molecule has 2 rings (SSSR count). The fraction of sp³-hybridized carbons (Fsp3) is 0.100. The van der Waals surface area contributed by atoms with Crippen LogP contribution in [0.3, 0.4) is 0 Å². The van der Waals surface area contributed by atoms with E-state index in [4.69, 9.17) is 5.11 Å². The average molecular weight is 375 g/mol. The van der Waals surface area contributed by atoms with Crippen LogP contribution in [0.4, 0.5) is 5.13 Å². The zero-order valence-corrected chi connectivity index (χ0v) is 13.0. The van der Waals surface area contributed by atoms with Gasteiger partial charge in [0.2, 0.25) is 5.13 Å². The summed E-state index contributed by atoms with van der Waals surface area (Å²) in [7, 11) is 0. The van der Waals surface area contributed by atoms with Crippen molar-refractivity contribution in [3.63, 3.8) is 0 Å². The number of anilines is 1. The van der Waals surface area contributed by atoms with Gasteiger partial charge >= 0.3 is 5.97 Å². The van der Waals surface area contributed by atoms with E-state index in [-0.39, 0.29) is 11.7 Å². The summed E-state index contributed by atoms with van der Waals surface area (Å²) in [6.45, 7) is 0. The van der Waals surface area contributed by atoms with Crippen LogP contribution in [-0.4, -0.2) is 37.9 Å². The lowest BCUT2D eigenvalue weighted by atomic mass is 10.3. The summed E-state index contributed by atoms with van der Waals surface area (Å²) in [5.74, 6) is -1.38. The maximum absolute atomic E-state index is 11.9. The Morgan fingerprint density at radius 2 is 2.20 bits per heavy atom. The van der Waals surface area contributed by atoms with Gasteiger partial charge in [-0.15, -0.1) is 10.2 Å². The molecule has 0 spiro atoms. The molecule has 0 bridgehead atoms. The minimum Gasteiger partial charge on any atom is -0.481 e. The van der Waals surface area contributed by atoms with Gasteiger partial charge in [-0.3, -0.25) is 14.9 Å². The number of amides is 1. The SMILES string of the molecule is O=C(O)CSc1nnc(NC(=O)c2ccc(Br)nc2)s1. The van der Waals surface area contributed by atoms with E-state index < -0.39 is 5.97 Å². The molecule has 2 aromatic heterocycles. The van der Waals surface area contributed by atoms with Crippen molar-refractivity contribution in [2.45, 2.75) is 4.34 Å². The molecular formula is C10H7BrN4O3S2. The first kappa shape index (κ1) is 14.9. The van der Waals surface area contributed by atoms with E-state index in [1.54, 1.807) is 12.1 Å². The molecule has 0 aliphatic carbocycles. The van der Waals surface area contributed by atoms with Gasteiger partial charge in [-0.1, -0.05) is 23.1 Å². The Labute approximate surface area is 130 Å². The van der Waals surface area contributed by atoms with E-state index in [2.05, 4.69) is 36.4 Å². The highest BCUT2D eigenvalue weighted by atomic mass is 79.9. The Bertz CT molecular complexity index is 632. The van der Waals surface area contributed by atoms with Crippen LogP contribution in [0.25, 0.3) is 0 Å². The van der Waals surface area contributed by atoms with Crippen LogP contribution in [0.5, 0.6) is 0 Å². The molecule has 7 nitrogen and oxygen atoms in total. The molecule has 2 aromatic rings. The van der Waals surface area contributed by atoms with Crippen molar-refractivity contribution in [1.29, 1.82) is 0 Å². The van der Waals surface area contributed by atoms with Crippen LogP contribution in [0, 0.1) is 0 Å². The molecule has 2 N–H and O–H groups in total. The number of aliphatic carboxylic acids is 1. The Morgan fingerprint density at radius 3 is 2.85 bits per heavy atom. The van der Waals surface area contributed by atoms with Crippen LogP contribution < -0.4 is 5.32 Å². The fourth-order valence-corrected chi connectivity index (χ4v) is 2.82. The zero-order chi connectivity index (χ0) is 14.5. The van der Waals surface area contributed by atoms with Crippen molar-refractivity contribution < 1.29 is 14.7 Å². The molecule has 10 heteroatoms. The number of hydrogen-bond donors (Lipinski definition) is 2. The highest BCUT2D eigenvalue weighted by Gasteiger charge is 2.11. The number of carboxylic acids is 1. The number of thioether (sulfide) groups is 1. The lowest BCUT2D eigenvalue weighted by molar-refractivity contribution is -0.133. The van der Waals surface area contributed by atoms with Crippen LogP contribution in [0.2, 0.25) is 0 Å². The first-order valence-corrected chi connectivity index (χ1v) is 7.75. The zero-order valence-electron chi connectivity index (χ0n) is 9.74. The van der Waals surface area contributed by atoms with Gasteiger partial charge in [-0.05, 0) is 28.1 Å². The lowest BCUT2D eigenvalue weighted by Gasteiger charge is -2.00. The Balaban J connectivity index is 1.97. The van der Waals surface area contributed by atoms with Gasteiger partial charge in [0.15, 0.2) is 4.34 Å². The molecule has 0 atom stereocenters. The number of hydrogen-bond acceptors (Lipinski definition) is 7. The molecule has 1 amide bonds. The van der Waals surface area contributed by atoms with Gasteiger partial charge in [0.1, 0.15) is 4.60 Å². The van der Waals surface area contributed by atoms with Crippen molar-refractivity contribution in [2.24, 2.45) is 0 Å². The predicted molar refractivity (Wildman–Crippen MR) is 78.2 cm³/mol. The molecule has 0 saturated heterocycles. The smallest absolute Gasteiger partial charge is 0.313 e. The Hall–Kier alpha value is -1.52. The second kappa shape index (κ2) is 6.77. The third-order valence-corrected chi connectivity index (χ3v) is 4.36. The highest BCUT2D eigenvalue weighted by Crippen LogP contribution is 2.25. The van der Waals surface area contributed by atoms with Crippen LogP contribution in [0.15, 0.2) is 27.3 Å². The Kier molecular flexibility index (Phi) is 5.04. The predicted octanol–water partition coefficient (Wildman–Crippen LogP) is 2.12. The van der Waals surface area contributed by atoms with E-state index in [0.29, 0.717) is 19.6 Å². The minimum atomic E-state index is -0.934. The van der Waals surface area contributed by atoms with Gasteiger partial charge in [0.25, 0.3) is 5.91 Å². The Morgan fingerprint density at radius 1 is 1.40 bits per heavy atom. The van der Waals surface area contributed by atoms with Crippen molar-refractivity contribution in [2.75, 3.05) is 11.1 Å². The van der Waals surface area contributed by atoms with E-state index >= 15 is 0 Å². The molecule has 0 aliphatic heterocycles. The van der Waals surface area contributed by atoms with Crippen LogP contribution in [-0.2, 0) is 4.79 Å². The summed E-state index contributed by atoms with van der Waals surface area (Å²) in [5.41, 5.74) is 0.392. The number of rotatable bonds is 5. The number of nitrogens with one attached hydrogen (secondary N) is 1. The first-order valence-electron chi connectivity index (χ1n) is 5.15. The summed E-state index contributed by atoms with van der Waals surface area (Å²) in [5, 5.41) is 19.0. The van der Waals surface area contributed by atoms with E-state index in [1.807, 2.05) is 0 Å². The number of aromatic nitrogens is 3. The highest BCUT2D eigenvalue weighted by molar-refractivity contribution is 9.10. The summed E-state index contributed by atoms with van der Waals surface area (Å²) in [6, 6.07) is 3.27. The summed E-state index contributed by atoms with van der Waals surface area (Å²) < 4.78 is 1.12. The van der Waals surface area contributed by atoms with Crippen molar-refractivity contribution in [3.05, 3.63) is 28.5 Å². The summed E-state index contributed by atoms with van der Waals surface area (Å²) in [4.78, 5) is 26.2. The summed E-state index contributed by atoms with van der Waals surface area (Å²) >= 11 is 5.35. The first-order chi connectivity index (χ1) is 9.54. The number of pyridine rings is 1. The molecule has 0 aromatic carbocycles. The van der Waals surface area contributed by atoms with Gasteiger partial charge in [0.05, 0.1) is 11.3 Å². The van der Waals surface area contributed by atoms with Crippen LogP contribution >= 0.6 is 39.0 Å². The second-order valence-corrected chi connectivity index (χ2v) is 6.39. The monoisotopic (exact) mass is 374 g/mol. The summed E-state index contributed by atoms with van der Waals surface area (Å²) in [6.07, 6.45) is 1.43. The maximum Gasteiger partial charge on any atom is 0.313 e. The average Bonchev–Trinajstić information content (AvgIpc) is 2.84. The molecule has 0 saturated carbocycles. The molecule has 20 heavy (non-hydrogen) atoms. The standard InChI is InChI=1S/C10H7BrN4O3S2/c11-6-2-1-5(3-12-6)8(18)13-9-14-15-10(20-9)19-4-7(16)17/h1-3H,4H2,(H,16,17)(H,13,14,18). The largest absolute Gasteiger partial charge is 0.481 e. The quantitative estimate of drug-likeness (QED) is 0.469. The van der Waals surface area contributed by atoms with Gasteiger partial charge < -0.3 is 5.11 Å². The normalized spacial score (nSPS) is 10.2. The minimum absolute atomic E-state index is 0.0980. The van der Waals surface area contributed by atoms with Gasteiger partial charge in [-0.25, -0.2) is 4.98 Å². The second-order valence-electron chi connectivity index (χ2n) is 3.38. The molecule has 0 unspecified atom stereocenters. The molecule has 2 heterocycles. The van der Waals surface area contributed by atoms with E-state index in [1.165, 1.54) is 6.20 Å². The molecular weight excluding hydrogens is 368 g/mol. The third kappa shape index (κ3) is 4.25. The number of halogens is 1. The molecule has 0 radical (unpaired) electrons. The fourth-order valence-electron chi connectivity index (χ4n) is 1.12. The number of carbonyl (C=O) groups excluding carboxylic acids is 1. The molecule has 0 aliphatic rings. The number of carbonyl (C=O) groups is 2. The van der Waals surface area contributed by atoms with Crippen molar-refractivity contribution in [1.82, 2.24) is 15.2 Å². The topological polar surface area (TPSA) is 105 Å². The number of carboxylic acid groups (broad SMARTS) is 1. The third-order valence-electron chi connectivity index (χ3n) is 1.94. The molecule has 104 valence electrons. The van der Waals surface area contributed by atoms with Crippen molar-refractivity contribution >= 4 is 56.0 Å². The molecule has 0 fully saturated rings.